The van der Waals surface area contributed by atoms with Gasteiger partial charge in [0.25, 0.3) is 0 Å². The molecule has 0 saturated heterocycles. The van der Waals surface area contributed by atoms with Crippen LogP contribution in [-0.4, -0.2) is 35.7 Å². The van der Waals surface area contributed by atoms with Crippen LogP contribution in [0.3, 0.4) is 0 Å². The van der Waals surface area contributed by atoms with Crippen molar-refractivity contribution in [2.24, 2.45) is 0 Å². The van der Waals surface area contributed by atoms with Gasteiger partial charge in [0.2, 0.25) is 0 Å². The Morgan fingerprint density at radius 1 is 1.00 bits per heavy atom. The Morgan fingerprint density at radius 3 is 2.00 bits per heavy atom. The molecule has 0 heterocycles. The van der Waals surface area contributed by atoms with Crippen molar-refractivity contribution in [2.45, 2.75) is 33.2 Å². The monoisotopic (exact) mass is 298 g/mol. The van der Waals surface area contributed by atoms with Crippen LogP contribution in [0.4, 0.5) is 0 Å². The Labute approximate surface area is 123 Å². The van der Waals surface area contributed by atoms with E-state index in [4.69, 9.17) is 18.0 Å². The largest absolute Gasteiger partial charge is 0.508 e. The summed E-state index contributed by atoms with van der Waals surface area (Å²) in [6.45, 7) is 9.76. The summed E-state index contributed by atoms with van der Waals surface area (Å²) in [6, 6.07) is 7.99. The lowest BCUT2D eigenvalue weighted by Crippen LogP contribution is -2.51. The zero-order chi connectivity index (χ0) is 15.0. The van der Waals surface area contributed by atoms with Crippen molar-refractivity contribution in [1.29, 1.82) is 0 Å². The van der Waals surface area contributed by atoms with Crippen LogP contribution in [0.25, 0.3) is 0 Å². The van der Waals surface area contributed by atoms with E-state index in [1.54, 1.807) is 7.11 Å². The fraction of sp³-hybridized carbons (Fsp3) is 0.600. The van der Waals surface area contributed by atoms with E-state index < -0.39 is 8.80 Å². The van der Waals surface area contributed by atoms with Gasteiger partial charge in [0.1, 0.15) is 5.75 Å². The first kappa shape index (κ1) is 17.2. The van der Waals surface area contributed by atoms with E-state index in [2.05, 4.69) is 13.0 Å². The number of methoxy groups -OCH3 is 1. The molecule has 20 heavy (non-hydrogen) atoms. The second-order valence-electron chi connectivity index (χ2n) is 4.40. The van der Waals surface area contributed by atoms with E-state index in [-0.39, 0.29) is 5.54 Å². The van der Waals surface area contributed by atoms with E-state index in [0.29, 0.717) is 19.8 Å². The maximum absolute atomic E-state index is 5.95. The zero-order valence-electron chi connectivity index (χ0n) is 13.1. The minimum absolute atomic E-state index is 0.0671. The normalized spacial score (nSPS) is 13.2. The molecular weight excluding hydrogens is 272 g/mol. The molecule has 0 aliphatic rings. The van der Waals surface area contributed by atoms with Crippen LogP contribution < -0.4 is 4.74 Å². The molecule has 0 fully saturated rings. The summed E-state index contributed by atoms with van der Waals surface area (Å²) in [5, 5.41) is 0. The molecule has 0 saturated carbocycles. The summed E-state index contributed by atoms with van der Waals surface area (Å²) in [6.07, 6.45) is 0. The molecular formula is C15H26O4Si. The van der Waals surface area contributed by atoms with Crippen molar-refractivity contribution >= 4 is 8.80 Å². The smallest absolute Gasteiger partial charge is 0.497 e. The summed E-state index contributed by atoms with van der Waals surface area (Å²) >= 11 is 0. The van der Waals surface area contributed by atoms with E-state index in [1.807, 2.05) is 39.0 Å². The van der Waals surface area contributed by atoms with Gasteiger partial charge in [-0.05, 0) is 38.5 Å². The summed E-state index contributed by atoms with van der Waals surface area (Å²) in [5.41, 5.74) is 1.18. The molecule has 0 N–H and O–H groups in total. The number of ether oxygens (including phenoxy) is 1. The van der Waals surface area contributed by atoms with E-state index in [9.17, 15) is 0 Å². The first-order chi connectivity index (χ1) is 9.63. The third kappa shape index (κ3) is 4.05. The van der Waals surface area contributed by atoms with E-state index in [0.717, 1.165) is 11.3 Å². The third-order valence-corrected chi connectivity index (χ3v) is 6.63. The number of hydrogen-bond acceptors (Lipinski definition) is 4. The highest BCUT2D eigenvalue weighted by Gasteiger charge is 2.47. The highest BCUT2D eigenvalue weighted by Crippen LogP contribution is 2.31. The molecule has 1 aromatic rings. The van der Waals surface area contributed by atoms with Crippen molar-refractivity contribution in [3.8, 4) is 5.75 Å². The van der Waals surface area contributed by atoms with Crippen LogP contribution >= 0.6 is 0 Å². The van der Waals surface area contributed by atoms with Crippen molar-refractivity contribution in [2.75, 3.05) is 26.9 Å². The maximum atomic E-state index is 5.95. The molecule has 4 nitrogen and oxygen atoms in total. The van der Waals surface area contributed by atoms with E-state index >= 15 is 0 Å². The Morgan fingerprint density at radius 2 is 1.55 bits per heavy atom. The Kier molecular flexibility index (Phi) is 7.22. The molecule has 1 atom stereocenters. The van der Waals surface area contributed by atoms with Gasteiger partial charge < -0.3 is 18.0 Å². The van der Waals surface area contributed by atoms with Gasteiger partial charge in [-0.1, -0.05) is 19.1 Å². The fourth-order valence-electron chi connectivity index (χ4n) is 2.22. The Balaban J connectivity index is 3.09. The van der Waals surface area contributed by atoms with Gasteiger partial charge in [-0.25, -0.2) is 0 Å². The maximum Gasteiger partial charge on any atom is 0.508 e. The minimum atomic E-state index is -2.73. The van der Waals surface area contributed by atoms with Gasteiger partial charge in [-0.15, -0.1) is 0 Å². The molecule has 0 spiro atoms. The van der Waals surface area contributed by atoms with Gasteiger partial charge in [0.15, 0.2) is 0 Å². The predicted octanol–water partition coefficient (Wildman–Crippen LogP) is 3.39. The van der Waals surface area contributed by atoms with Gasteiger partial charge in [0.05, 0.1) is 12.7 Å². The molecule has 1 unspecified atom stereocenters. The summed E-state index contributed by atoms with van der Waals surface area (Å²) < 4.78 is 23.2. The Bertz CT molecular complexity index is 380. The van der Waals surface area contributed by atoms with Crippen molar-refractivity contribution in [3.05, 3.63) is 29.8 Å². The van der Waals surface area contributed by atoms with Crippen LogP contribution in [-0.2, 0) is 13.3 Å². The fourth-order valence-corrected chi connectivity index (χ4v) is 5.01. The van der Waals surface area contributed by atoms with Gasteiger partial charge >= 0.3 is 8.80 Å². The van der Waals surface area contributed by atoms with Gasteiger partial charge in [-0.3, -0.25) is 0 Å². The highest BCUT2D eigenvalue weighted by atomic mass is 28.4. The van der Waals surface area contributed by atoms with Crippen molar-refractivity contribution in [1.82, 2.24) is 0 Å². The number of benzene rings is 1. The molecule has 0 radical (unpaired) electrons. The minimum Gasteiger partial charge on any atom is -0.497 e. The average molecular weight is 298 g/mol. The first-order valence-electron chi connectivity index (χ1n) is 7.19. The van der Waals surface area contributed by atoms with Crippen LogP contribution in [0.5, 0.6) is 5.75 Å². The second kappa shape index (κ2) is 8.41. The van der Waals surface area contributed by atoms with Gasteiger partial charge in [0, 0.05) is 19.8 Å². The summed E-state index contributed by atoms with van der Waals surface area (Å²) in [7, 11) is -1.06. The first-order valence-corrected chi connectivity index (χ1v) is 8.99. The van der Waals surface area contributed by atoms with Gasteiger partial charge in [-0.2, -0.15) is 0 Å². The second-order valence-corrected chi connectivity index (χ2v) is 7.34. The highest BCUT2D eigenvalue weighted by molar-refractivity contribution is 6.62. The lowest BCUT2D eigenvalue weighted by atomic mass is 10.1. The quantitative estimate of drug-likeness (QED) is 0.655. The molecule has 0 amide bonds. The van der Waals surface area contributed by atoms with Crippen molar-refractivity contribution < 1.29 is 18.0 Å². The molecule has 114 valence electrons. The third-order valence-electron chi connectivity index (χ3n) is 3.16. The summed E-state index contributed by atoms with van der Waals surface area (Å²) in [5.74, 6) is 0.835. The van der Waals surface area contributed by atoms with Crippen LogP contribution in [0.2, 0.25) is 0 Å². The van der Waals surface area contributed by atoms with Crippen LogP contribution in [0.15, 0.2) is 24.3 Å². The average Bonchev–Trinajstić information content (AvgIpc) is 2.47. The molecule has 5 heteroatoms. The predicted molar refractivity (Wildman–Crippen MR) is 82.0 cm³/mol. The Hall–Kier alpha value is -0.883. The van der Waals surface area contributed by atoms with Crippen molar-refractivity contribution in [3.63, 3.8) is 0 Å². The topological polar surface area (TPSA) is 36.9 Å². The van der Waals surface area contributed by atoms with E-state index in [1.165, 1.54) is 0 Å². The number of rotatable bonds is 9. The molecule has 1 rings (SSSR count). The number of hydrogen-bond donors (Lipinski definition) is 0. The molecule has 0 aliphatic carbocycles. The lowest BCUT2D eigenvalue weighted by Gasteiger charge is -2.33. The molecule has 0 bridgehead atoms. The van der Waals surface area contributed by atoms with Crippen LogP contribution in [0, 0.1) is 0 Å². The zero-order valence-corrected chi connectivity index (χ0v) is 14.1. The molecule has 0 aliphatic heterocycles. The summed E-state index contributed by atoms with van der Waals surface area (Å²) in [4.78, 5) is 0. The standard InChI is InChI=1S/C15H26O4Si/c1-6-17-20(18-7-2,19-8-3)13(4)14-10-9-11-15(12-14)16-5/h9-13H,6-8H2,1-5H3. The SMILES string of the molecule is CCO[Si](OCC)(OCC)C(C)c1cccc(OC)c1. The molecule has 0 aromatic heterocycles. The molecule has 1 aromatic carbocycles. The lowest BCUT2D eigenvalue weighted by molar-refractivity contribution is 0.0633. The van der Waals surface area contributed by atoms with Crippen LogP contribution in [0.1, 0.15) is 38.8 Å².